The highest BCUT2D eigenvalue weighted by atomic mass is 35.5. The molecule has 0 radical (unpaired) electrons. The Kier molecular flexibility index (Phi) is 6.52. The first-order valence-electron chi connectivity index (χ1n) is 7.86. The van der Waals surface area contributed by atoms with E-state index in [1.807, 2.05) is 0 Å². The van der Waals surface area contributed by atoms with E-state index in [0.717, 1.165) is 50.4 Å². The highest BCUT2D eigenvalue weighted by Gasteiger charge is 2.11. The average molecular weight is 309 g/mol. The molecule has 0 unspecified atom stereocenters. The van der Waals surface area contributed by atoms with E-state index in [0.29, 0.717) is 5.88 Å². The van der Waals surface area contributed by atoms with Gasteiger partial charge in [-0.3, -0.25) is 0 Å². The van der Waals surface area contributed by atoms with E-state index in [1.54, 1.807) is 0 Å². The quantitative estimate of drug-likeness (QED) is 0.509. The van der Waals surface area contributed by atoms with Gasteiger partial charge in [-0.2, -0.15) is 0 Å². The van der Waals surface area contributed by atoms with E-state index in [2.05, 4.69) is 36.6 Å². The van der Waals surface area contributed by atoms with Gasteiger partial charge in [-0.25, -0.2) is 4.98 Å². The highest BCUT2D eigenvalue weighted by Crippen LogP contribution is 2.21. The summed E-state index contributed by atoms with van der Waals surface area (Å²) in [6.07, 6.45) is 4.15. The Morgan fingerprint density at radius 2 is 2.05 bits per heavy atom. The smallest absolute Gasteiger partial charge is 0.111 e. The van der Waals surface area contributed by atoms with Crippen molar-refractivity contribution in [2.45, 2.75) is 46.1 Å². The van der Waals surface area contributed by atoms with Crippen LogP contribution in [0.4, 0.5) is 0 Å². The average Bonchev–Trinajstić information content (AvgIpc) is 2.82. The monoisotopic (exact) mass is 308 g/mol. The standard InChI is InChI=1S/C17H25ClN2O/c1-3-4-12-21-13-6-11-20-16(9-10-18)19-15-8-5-7-14(2)17(15)20/h5,7-8H,3-4,6,9-13H2,1-2H3. The molecule has 0 saturated heterocycles. The van der Waals surface area contributed by atoms with Crippen molar-refractivity contribution in [3.05, 3.63) is 29.6 Å². The molecular weight excluding hydrogens is 284 g/mol. The third-order valence-corrected chi connectivity index (χ3v) is 3.87. The lowest BCUT2D eigenvalue weighted by molar-refractivity contribution is 0.126. The van der Waals surface area contributed by atoms with Crippen LogP contribution in [-0.4, -0.2) is 28.6 Å². The zero-order valence-corrected chi connectivity index (χ0v) is 13.8. The molecule has 0 N–H and O–H groups in total. The number of hydrogen-bond donors (Lipinski definition) is 0. The number of alkyl halides is 1. The Morgan fingerprint density at radius 3 is 2.81 bits per heavy atom. The van der Waals surface area contributed by atoms with E-state index < -0.39 is 0 Å². The fourth-order valence-corrected chi connectivity index (χ4v) is 2.77. The van der Waals surface area contributed by atoms with Gasteiger partial charge in [0.15, 0.2) is 0 Å². The topological polar surface area (TPSA) is 27.1 Å². The van der Waals surface area contributed by atoms with Crippen LogP contribution < -0.4 is 0 Å². The molecule has 0 saturated carbocycles. The summed E-state index contributed by atoms with van der Waals surface area (Å²) in [6.45, 7) is 6.95. The highest BCUT2D eigenvalue weighted by molar-refractivity contribution is 6.17. The maximum atomic E-state index is 5.92. The summed E-state index contributed by atoms with van der Waals surface area (Å²) >= 11 is 5.92. The van der Waals surface area contributed by atoms with E-state index in [4.69, 9.17) is 21.3 Å². The van der Waals surface area contributed by atoms with E-state index in [9.17, 15) is 0 Å². The molecule has 1 heterocycles. The molecule has 1 aromatic heterocycles. The van der Waals surface area contributed by atoms with Gasteiger partial charge in [0.1, 0.15) is 5.82 Å². The Hall–Kier alpha value is -1.06. The Morgan fingerprint density at radius 1 is 1.24 bits per heavy atom. The van der Waals surface area contributed by atoms with E-state index >= 15 is 0 Å². The first kappa shape index (κ1) is 16.3. The van der Waals surface area contributed by atoms with Crippen LogP contribution in [0, 0.1) is 6.92 Å². The second kappa shape index (κ2) is 8.40. The number of para-hydroxylation sites is 1. The van der Waals surface area contributed by atoms with Crippen LogP contribution in [0.3, 0.4) is 0 Å². The van der Waals surface area contributed by atoms with Crippen molar-refractivity contribution >= 4 is 22.6 Å². The van der Waals surface area contributed by atoms with Gasteiger partial charge >= 0.3 is 0 Å². The molecule has 0 bridgehead atoms. The molecule has 21 heavy (non-hydrogen) atoms. The maximum Gasteiger partial charge on any atom is 0.111 e. The van der Waals surface area contributed by atoms with Crippen LogP contribution in [0.15, 0.2) is 18.2 Å². The zero-order valence-electron chi connectivity index (χ0n) is 13.1. The van der Waals surface area contributed by atoms with Crippen LogP contribution in [-0.2, 0) is 17.7 Å². The largest absolute Gasteiger partial charge is 0.381 e. The first-order chi connectivity index (χ1) is 10.3. The SMILES string of the molecule is CCCCOCCCn1c(CCCl)nc2cccc(C)c21. The third kappa shape index (κ3) is 4.21. The number of halogens is 1. The molecule has 0 spiro atoms. The van der Waals surface area contributed by atoms with E-state index in [-0.39, 0.29) is 0 Å². The Bertz CT molecular complexity index is 565. The summed E-state index contributed by atoms with van der Waals surface area (Å²) in [4.78, 5) is 4.73. The van der Waals surface area contributed by atoms with Gasteiger partial charge in [0.25, 0.3) is 0 Å². The van der Waals surface area contributed by atoms with Gasteiger partial charge in [0.05, 0.1) is 11.0 Å². The van der Waals surface area contributed by atoms with Crippen molar-refractivity contribution in [2.75, 3.05) is 19.1 Å². The molecular formula is C17H25ClN2O. The maximum absolute atomic E-state index is 5.92. The number of hydrogen-bond acceptors (Lipinski definition) is 2. The lowest BCUT2D eigenvalue weighted by atomic mass is 10.2. The lowest BCUT2D eigenvalue weighted by Gasteiger charge is -2.10. The van der Waals surface area contributed by atoms with Crippen LogP contribution in [0.2, 0.25) is 0 Å². The number of benzene rings is 1. The zero-order chi connectivity index (χ0) is 15.1. The summed E-state index contributed by atoms with van der Waals surface area (Å²) in [5.41, 5.74) is 3.58. The van der Waals surface area contributed by atoms with Gasteiger partial charge in [-0.15, -0.1) is 11.6 Å². The van der Waals surface area contributed by atoms with Crippen LogP contribution >= 0.6 is 11.6 Å². The second-order valence-electron chi connectivity index (χ2n) is 5.38. The van der Waals surface area contributed by atoms with Crippen LogP contribution in [0.25, 0.3) is 11.0 Å². The summed E-state index contributed by atoms with van der Waals surface area (Å²) in [5, 5.41) is 0. The predicted octanol–water partition coefficient (Wildman–Crippen LogP) is 4.33. The molecule has 1 aromatic carbocycles. The molecule has 0 aliphatic carbocycles. The van der Waals surface area contributed by atoms with Gasteiger partial charge in [-0.05, 0) is 31.4 Å². The fourth-order valence-electron chi connectivity index (χ4n) is 2.60. The van der Waals surface area contributed by atoms with Crippen LogP contribution in [0.5, 0.6) is 0 Å². The van der Waals surface area contributed by atoms with Gasteiger partial charge in [0, 0.05) is 32.1 Å². The molecule has 2 aromatic rings. The number of aryl methyl sites for hydroxylation is 3. The molecule has 0 aliphatic heterocycles. The summed E-state index contributed by atoms with van der Waals surface area (Å²) in [7, 11) is 0. The molecule has 0 amide bonds. The van der Waals surface area contributed by atoms with Gasteiger partial charge < -0.3 is 9.30 Å². The van der Waals surface area contributed by atoms with Crippen molar-refractivity contribution in [3.8, 4) is 0 Å². The summed E-state index contributed by atoms with van der Waals surface area (Å²) in [6, 6.07) is 6.28. The van der Waals surface area contributed by atoms with Gasteiger partial charge in [0.2, 0.25) is 0 Å². The minimum absolute atomic E-state index is 0.607. The number of fused-ring (bicyclic) bond motifs is 1. The minimum Gasteiger partial charge on any atom is -0.381 e. The Balaban J connectivity index is 2.07. The minimum atomic E-state index is 0.607. The van der Waals surface area contributed by atoms with Crippen molar-refractivity contribution in [1.82, 2.24) is 9.55 Å². The lowest BCUT2D eigenvalue weighted by Crippen LogP contribution is -2.08. The Labute approximate surface area is 132 Å². The van der Waals surface area contributed by atoms with E-state index in [1.165, 1.54) is 17.5 Å². The number of rotatable bonds is 9. The number of nitrogens with zero attached hydrogens (tertiary/aromatic N) is 2. The predicted molar refractivity (Wildman–Crippen MR) is 89.2 cm³/mol. The van der Waals surface area contributed by atoms with Crippen molar-refractivity contribution in [3.63, 3.8) is 0 Å². The number of aromatic nitrogens is 2. The molecule has 2 rings (SSSR count). The molecule has 116 valence electrons. The second-order valence-corrected chi connectivity index (χ2v) is 5.76. The molecule has 3 nitrogen and oxygen atoms in total. The van der Waals surface area contributed by atoms with Gasteiger partial charge in [-0.1, -0.05) is 25.5 Å². The van der Waals surface area contributed by atoms with Crippen molar-refractivity contribution < 1.29 is 4.74 Å². The fraction of sp³-hybridized carbons (Fsp3) is 0.588. The van der Waals surface area contributed by atoms with Crippen molar-refractivity contribution in [1.29, 1.82) is 0 Å². The van der Waals surface area contributed by atoms with Crippen LogP contribution in [0.1, 0.15) is 37.6 Å². The number of ether oxygens (including phenoxy) is 1. The molecule has 0 fully saturated rings. The van der Waals surface area contributed by atoms with Crippen molar-refractivity contribution in [2.24, 2.45) is 0 Å². The molecule has 4 heteroatoms. The number of unbranched alkanes of at least 4 members (excludes halogenated alkanes) is 1. The molecule has 0 aliphatic rings. The number of imidazole rings is 1. The third-order valence-electron chi connectivity index (χ3n) is 3.68. The normalized spacial score (nSPS) is 11.4. The molecule has 0 atom stereocenters. The first-order valence-corrected chi connectivity index (χ1v) is 8.39. The summed E-state index contributed by atoms with van der Waals surface area (Å²) < 4.78 is 7.97. The summed E-state index contributed by atoms with van der Waals surface area (Å²) in [5.74, 6) is 1.69.